The van der Waals surface area contributed by atoms with E-state index in [1.54, 1.807) is 23.8 Å². The zero-order valence-corrected chi connectivity index (χ0v) is 13.5. The number of benzene rings is 1. The first-order valence-corrected chi connectivity index (χ1v) is 7.87. The molecule has 2 heterocycles. The molecule has 0 aliphatic rings. The van der Waals surface area contributed by atoms with Gasteiger partial charge in [-0.25, -0.2) is 9.78 Å². The summed E-state index contributed by atoms with van der Waals surface area (Å²) < 4.78 is 1.79. The van der Waals surface area contributed by atoms with Crippen LogP contribution in [-0.4, -0.2) is 30.8 Å². The third-order valence-corrected chi connectivity index (χ3v) is 4.21. The van der Waals surface area contributed by atoms with Crippen LogP contribution in [0, 0.1) is 18.3 Å². The Labute approximate surface area is 141 Å². The molecule has 0 saturated carbocycles. The number of carboxylic acids is 1. The van der Waals surface area contributed by atoms with Crippen LogP contribution in [0.5, 0.6) is 0 Å². The molecule has 0 fully saturated rings. The Morgan fingerprint density at radius 1 is 1.50 bits per heavy atom. The Hall–Kier alpha value is -3.05. The molecule has 3 aromatic rings. The summed E-state index contributed by atoms with van der Waals surface area (Å²) >= 11 is 0.977. The van der Waals surface area contributed by atoms with E-state index in [-0.39, 0.29) is 11.4 Å². The number of para-hydroxylation sites is 1. The van der Waals surface area contributed by atoms with Gasteiger partial charge in [0, 0.05) is 22.7 Å². The third kappa shape index (κ3) is 3.16. The van der Waals surface area contributed by atoms with Gasteiger partial charge in [0.25, 0.3) is 0 Å². The van der Waals surface area contributed by atoms with Crippen molar-refractivity contribution in [3.8, 4) is 6.07 Å². The Kier molecular flexibility index (Phi) is 4.35. The van der Waals surface area contributed by atoms with Crippen molar-refractivity contribution < 1.29 is 9.90 Å². The van der Waals surface area contributed by atoms with Gasteiger partial charge in [-0.1, -0.05) is 18.2 Å². The second-order valence-electron chi connectivity index (χ2n) is 5.01. The molecule has 0 aliphatic heterocycles. The minimum atomic E-state index is -1.06. The van der Waals surface area contributed by atoms with Gasteiger partial charge >= 0.3 is 5.97 Å². The van der Waals surface area contributed by atoms with Gasteiger partial charge in [-0.05, 0) is 30.8 Å². The number of H-pyrrole nitrogens is 1. The number of fused-ring (bicyclic) bond motifs is 1. The molecule has 24 heavy (non-hydrogen) atoms. The predicted octanol–water partition coefficient (Wildman–Crippen LogP) is 2.81. The highest BCUT2D eigenvalue weighted by molar-refractivity contribution is 8.04. The molecule has 0 bridgehead atoms. The second kappa shape index (κ2) is 6.60. The number of rotatable bonds is 5. The first kappa shape index (κ1) is 15.8. The van der Waals surface area contributed by atoms with E-state index in [1.165, 1.54) is 0 Å². The minimum Gasteiger partial charge on any atom is -0.477 e. The van der Waals surface area contributed by atoms with Gasteiger partial charge in [0.05, 0.1) is 6.07 Å². The summed E-state index contributed by atoms with van der Waals surface area (Å²) in [5, 5.41) is 26.3. The molecule has 0 amide bonds. The van der Waals surface area contributed by atoms with Crippen LogP contribution in [0.15, 0.2) is 40.5 Å². The van der Waals surface area contributed by atoms with E-state index in [4.69, 9.17) is 5.26 Å². The quantitative estimate of drug-likeness (QED) is 0.547. The maximum absolute atomic E-state index is 11.6. The maximum Gasteiger partial charge on any atom is 0.342 e. The monoisotopic (exact) mass is 339 g/mol. The number of aromatic amines is 1. The second-order valence-corrected chi connectivity index (χ2v) is 6.02. The Bertz CT molecular complexity index is 980. The summed E-state index contributed by atoms with van der Waals surface area (Å²) in [5.41, 5.74) is 1.62. The highest BCUT2D eigenvalue weighted by atomic mass is 32.2. The topological polar surface area (TPSA) is 108 Å². The summed E-state index contributed by atoms with van der Waals surface area (Å²) in [7, 11) is 0. The lowest BCUT2D eigenvalue weighted by molar-refractivity contribution is -0.131. The molecule has 2 aromatic heterocycles. The Morgan fingerprint density at radius 2 is 2.29 bits per heavy atom. The van der Waals surface area contributed by atoms with Gasteiger partial charge in [0.15, 0.2) is 0 Å². The largest absolute Gasteiger partial charge is 0.477 e. The first-order valence-electron chi connectivity index (χ1n) is 7.05. The van der Waals surface area contributed by atoms with Gasteiger partial charge < -0.3 is 9.67 Å². The summed E-state index contributed by atoms with van der Waals surface area (Å²) in [5.74, 6) is -0.438. The number of aryl methyl sites for hydroxylation is 1. The standard InChI is InChI=1S/C16H13N5O2S/c1-10-18-16(20-19-10)24-14(15(22)23)8-11-9-21(7-6-17)13-5-3-2-4-12(11)13/h2-5,8-9H,7H2,1H3,(H,22,23)(H,18,19,20)/b14-8-. The highest BCUT2D eigenvalue weighted by Crippen LogP contribution is 2.29. The van der Waals surface area contributed by atoms with E-state index in [0.717, 1.165) is 28.2 Å². The van der Waals surface area contributed by atoms with Crippen molar-refractivity contribution in [1.82, 2.24) is 19.7 Å². The number of carboxylic acid groups (broad SMARTS) is 1. The minimum absolute atomic E-state index is 0.105. The van der Waals surface area contributed by atoms with Gasteiger partial charge in [0.1, 0.15) is 17.3 Å². The summed E-state index contributed by atoms with van der Waals surface area (Å²) in [6.45, 7) is 1.95. The molecule has 0 saturated heterocycles. The molecule has 8 heteroatoms. The van der Waals surface area contributed by atoms with Gasteiger partial charge in [-0.15, -0.1) is 5.10 Å². The molecule has 7 nitrogen and oxygen atoms in total. The molecule has 0 aliphatic carbocycles. The summed E-state index contributed by atoms with van der Waals surface area (Å²) in [6, 6.07) is 9.66. The molecule has 0 unspecified atom stereocenters. The van der Waals surface area contributed by atoms with Crippen molar-refractivity contribution in [2.45, 2.75) is 18.6 Å². The highest BCUT2D eigenvalue weighted by Gasteiger charge is 2.15. The van der Waals surface area contributed by atoms with Crippen LogP contribution in [-0.2, 0) is 11.3 Å². The van der Waals surface area contributed by atoms with Crippen LogP contribution in [0.1, 0.15) is 11.4 Å². The molecule has 3 rings (SSSR count). The average Bonchev–Trinajstić information content (AvgIpc) is 3.12. The van der Waals surface area contributed by atoms with Gasteiger partial charge in [-0.2, -0.15) is 5.26 Å². The molecule has 0 radical (unpaired) electrons. The number of carbonyl (C=O) groups is 1. The molecule has 0 spiro atoms. The fraction of sp³-hybridized carbons (Fsp3) is 0.125. The predicted molar refractivity (Wildman–Crippen MR) is 90.1 cm³/mol. The van der Waals surface area contributed by atoms with Crippen LogP contribution in [0.25, 0.3) is 17.0 Å². The van der Waals surface area contributed by atoms with E-state index >= 15 is 0 Å². The molecule has 2 N–H and O–H groups in total. The number of hydrogen-bond acceptors (Lipinski definition) is 5. The smallest absolute Gasteiger partial charge is 0.342 e. The van der Waals surface area contributed by atoms with Gasteiger partial charge in [-0.3, -0.25) is 5.10 Å². The van der Waals surface area contributed by atoms with Crippen LogP contribution >= 0.6 is 11.8 Å². The molecular formula is C16H13N5O2S. The Morgan fingerprint density at radius 3 is 2.96 bits per heavy atom. The lowest BCUT2D eigenvalue weighted by Crippen LogP contribution is -1.97. The van der Waals surface area contributed by atoms with Crippen molar-refractivity contribution in [2.24, 2.45) is 0 Å². The normalized spacial score (nSPS) is 11.6. The lowest BCUT2D eigenvalue weighted by atomic mass is 10.1. The first-order chi connectivity index (χ1) is 11.6. The van der Waals surface area contributed by atoms with Crippen LogP contribution in [0.4, 0.5) is 0 Å². The number of aliphatic carboxylic acids is 1. The fourth-order valence-electron chi connectivity index (χ4n) is 2.34. The number of hydrogen-bond donors (Lipinski definition) is 2. The van der Waals surface area contributed by atoms with E-state index in [2.05, 4.69) is 21.3 Å². The van der Waals surface area contributed by atoms with E-state index < -0.39 is 5.97 Å². The zero-order valence-electron chi connectivity index (χ0n) is 12.7. The number of nitriles is 1. The number of aromatic nitrogens is 4. The average molecular weight is 339 g/mol. The van der Waals surface area contributed by atoms with Crippen LogP contribution in [0.2, 0.25) is 0 Å². The SMILES string of the molecule is Cc1nc(S/C(=C\c2cn(CC#N)c3ccccc23)C(=O)O)n[nH]1. The number of nitrogens with one attached hydrogen (secondary N) is 1. The van der Waals surface area contributed by atoms with E-state index in [0.29, 0.717) is 11.0 Å². The van der Waals surface area contributed by atoms with Crippen molar-refractivity contribution in [3.05, 3.63) is 46.8 Å². The lowest BCUT2D eigenvalue weighted by Gasteiger charge is -1.98. The number of nitrogens with zero attached hydrogens (tertiary/aromatic N) is 4. The molecule has 120 valence electrons. The van der Waals surface area contributed by atoms with Crippen molar-refractivity contribution in [2.75, 3.05) is 0 Å². The van der Waals surface area contributed by atoms with E-state index in [9.17, 15) is 9.90 Å². The van der Waals surface area contributed by atoms with E-state index in [1.807, 2.05) is 24.3 Å². The Balaban J connectivity index is 2.05. The molecule has 0 atom stereocenters. The van der Waals surface area contributed by atoms with Crippen LogP contribution in [0.3, 0.4) is 0 Å². The maximum atomic E-state index is 11.6. The molecular weight excluding hydrogens is 326 g/mol. The van der Waals surface area contributed by atoms with Gasteiger partial charge in [0.2, 0.25) is 5.16 Å². The summed E-state index contributed by atoms with van der Waals surface area (Å²) in [6.07, 6.45) is 3.36. The van der Waals surface area contributed by atoms with Crippen molar-refractivity contribution in [3.63, 3.8) is 0 Å². The number of thioether (sulfide) groups is 1. The third-order valence-electron chi connectivity index (χ3n) is 3.34. The van der Waals surface area contributed by atoms with Crippen molar-refractivity contribution >= 4 is 34.7 Å². The fourth-order valence-corrected chi connectivity index (χ4v) is 3.08. The molecule has 1 aromatic carbocycles. The van der Waals surface area contributed by atoms with Crippen molar-refractivity contribution in [1.29, 1.82) is 5.26 Å². The van der Waals surface area contributed by atoms with Crippen LogP contribution < -0.4 is 0 Å². The summed E-state index contributed by atoms with van der Waals surface area (Å²) in [4.78, 5) is 15.8. The zero-order chi connectivity index (χ0) is 17.1.